The second-order valence-electron chi connectivity index (χ2n) is 7.47. The molecule has 124 valence electrons. The summed E-state index contributed by atoms with van der Waals surface area (Å²) in [4.78, 5) is 11.4. The van der Waals surface area contributed by atoms with Crippen molar-refractivity contribution in [3.63, 3.8) is 0 Å². The molecule has 2 aliphatic carbocycles. The van der Waals surface area contributed by atoms with E-state index in [9.17, 15) is 0 Å². The largest absolute Gasteiger partial charge is 0.355 e. The fraction of sp³-hybridized carbons (Fsp3) is 0.667. The number of hydrogen-bond acceptors (Lipinski definition) is 4. The van der Waals surface area contributed by atoms with Crippen LogP contribution < -0.4 is 10.6 Å². The van der Waals surface area contributed by atoms with Crippen LogP contribution in [0.5, 0.6) is 0 Å². The normalized spacial score (nSPS) is 29.9. The van der Waals surface area contributed by atoms with Crippen LogP contribution in [-0.4, -0.2) is 29.6 Å². The Morgan fingerprint density at radius 1 is 1.26 bits per heavy atom. The van der Waals surface area contributed by atoms with Gasteiger partial charge in [0, 0.05) is 24.5 Å². The van der Waals surface area contributed by atoms with E-state index < -0.39 is 0 Å². The molecule has 1 aromatic heterocycles. The third-order valence-electron chi connectivity index (χ3n) is 6.10. The van der Waals surface area contributed by atoms with E-state index in [4.69, 9.17) is 17.3 Å². The van der Waals surface area contributed by atoms with E-state index in [0.29, 0.717) is 5.41 Å². The number of nitrogens with two attached hydrogens (primary N) is 1. The summed E-state index contributed by atoms with van der Waals surface area (Å²) in [6, 6.07) is 0. The molecule has 0 amide bonds. The van der Waals surface area contributed by atoms with E-state index in [-0.39, 0.29) is 0 Å². The molecule has 4 nitrogen and oxygen atoms in total. The first-order valence-electron chi connectivity index (χ1n) is 8.86. The van der Waals surface area contributed by atoms with Crippen LogP contribution in [0.25, 0.3) is 5.03 Å². The Morgan fingerprint density at radius 3 is 2.87 bits per heavy atom. The molecule has 1 spiro atoms. The molecule has 0 radical (unpaired) electrons. The molecular weight excluding hydrogens is 308 g/mol. The first-order valence-corrected chi connectivity index (χ1v) is 9.23. The number of hydrogen-bond donors (Lipinski definition) is 1. The van der Waals surface area contributed by atoms with Crippen LogP contribution >= 0.6 is 11.6 Å². The Balaban J connectivity index is 1.50. The molecule has 1 saturated heterocycles. The molecule has 2 heterocycles. The fourth-order valence-corrected chi connectivity index (χ4v) is 4.95. The lowest BCUT2D eigenvalue weighted by molar-refractivity contribution is 0.168. The van der Waals surface area contributed by atoms with Crippen LogP contribution in [0, 0.1) is 11.3 Å². The minimum atomic E-state index is 0.484. The van der Waals surface area contributed by atoms with Gasteiger partial charge in [-0.25, -0.2) is 9.97 Å². The van der Waals surface area contributed by atoms with Gasteiger partial charge in [-0.15, -0.1) is 0 Å². The van der Waals surface area contributed by atoms with E-state index in [1.54, 1.807) is 6.33 Å². The lowest BCUT2D eigenvalue weighted by atomic mass is 9.69. The summed E-state index contributed by atoms with van der Waals surface area (Å²) in [6.07, 6.45) is 12.4. The third kappa shape index (κ3) is 2.76. The fourth-order valence-electron chi connectivity index (χ4n) is 4.68. The Morgan fingerprint density at radius 2 is 2.09 bits per heavy atom. The van der Waals surface area contributed by atoms with Crippen molar-refractivity contribution >= 4 is 22.5 Å². The predicted octanol–water partition coefficient (Wildman–Crippen LogP) is 3.35. The zero-order chi connectivity index (χ0) is 15.9. The molecule has 2 fully saturated rings. The van der Waals surface area contributed by atoms with E-state index in [2.05, 4.69) is 14.9 Å². The number of nitrogens with zero attached hydrogens (tertiary/aromatic N) is 3. The quantitative estimate of drug-likeness (QED) is 0.922. The van der Waals surface area contributed by atoms with Gasteiger partial charge < -0.3 is 10.6 Å². The Bertz CT molecular complexity index is 619. The number of fused-ring (bicyclic) bond motifs is 1. The van der Waals surface area contributed by atoms with Gasteiger partial charge in [0.15, 0.2) is 0 Å². The Hall–Kier alpha value is -1.13. The summed E-state index contributed by atoms with van der Waals surface area (Å²) in [5, 5.41) is 0.822. The molecule has 2 N–H and O–H groups in total. The SMILES string of the molecule is NCCC1CCC2(CC1)CCN(c1ncnc3c1C(Cl)=CC3)C2. The standard InChI is InChI=1S/C18H25ClN4/c19-14-1-2-15-16(14)17(22-12-21-15)23-10-8-18(11-23)6-3-13(4-7-18)5-9-20/h1,12-13H,2-11,20H2. The molecule has 4 rings (SSSR count). The third-order valence-corrected chi connectivity index (χ3v) is 6.44. The molecule has 3 aliphatic rings. The number of aromatic nitrogens is 2. The monoisotopic (exact) mass is 332 g/mol. The highest BCUT2D eigenvalue weighted by Gasteiger charge is 2.42. The van der Waals surface area contributed by atoms with Gasteiger partial charge in [-0.05, 0) is 56.4 Å². The van der Waals surface area contributed by atoms with Gasteiger partial charge in [0.25, 0.3) is 0 Å². The van der Waals surface area contributed by atoms with E-state index >= 15 is 0 Å². The van der Waals surface area contributed by atoms with Crippen molar-refractivity contribution in [1.29, 1.82) is 0 Å². The molecular formula is C18H25ClN4. The van der Waals surface area contributed by atoms with Crippen molar-refractivity contribution in [2.24, 2.45) is 17.1 Å². The highest BCUT2D eigenvalue weighted by Crippen LogP contribution is 2.48. The molecule has 0 aromatic carbocycles. The number of allylic oxidation sites excluding steroid dienone is 1. The van der Waals surface area contributed by atoms with Gasteiger partial charge in [-0.2, -0.15) is 0 Å². The van der Waals surface area contributed by atoms with Crippen LogP contribution in [0.2, 0.25) is 0 Å². The number of halogens is 1. The minimum Gasteiger partial charge on any atom is -0.355 e. The van der Waals surface area contributed by atoms with Gasteiger partial charge in [-0.1, -0.05) is 17.7 Å². The van der Waals surface area contributed by atoms with Crippen LogP contribution in [0.1, 0.15) is 49.8 Å². The van der Waals surface area contributed by atoms with Crippen LogP contribution in [0.4, 0.5) is 5.82 Å². The minimum absolute atomic E-state index is 0.484. The molecule has 0 atom stereocenters. The lowest BCUT2D eigenvalue weighted by Crippen LogP contribution is -2.32. The van der Waals surface area contributed by atoms with Gasteiger partial charge in [0.05, 0.1) is 11.3 Å². The summed E-state index contributed by atoms with van der Waals surface area (Å²) >= 11 is 6.40. The van der Waals surface area contributed by atoms with E-state index in [1.165, 1.54) is 38.5 Å². The van der Waals surface area contributed by atoms with Crippen molar-refractivity contribution in [1.82, 2.24) is 9.97 Å². The van der Waals surface area contributed by atoms with E-state index in [1.807, 2.05) is 6.08 Å². The maximum absolute atomic E-state index is 6.40. The molecule has 0 unspecified atom stereocenters. The highest BCUT2D eigenvalue weighted by atomic mass is 35.5. The maximum atomic E-state index is 6.40. The summed E-state index contributed by atoms with van der Waals surface area (Å²) in [5.74, 6) is 1.90. The Kier molecular flexibility index (Phi) is 4.06. The van der Waals surface area contributed by atoms with Crippen LogP contribution in [0.3, 0.4) is 0 Å². The van der Waals surface area contributed by atoms with Crippen molar-refractivity contribution in [2.75, 3.05) is 24.5 Å². The number of anilines is 1. The molecule has 1 saturated carbocycles. The van der Waals surface area contributed by atoms with Crippen molar-refractivity contribution in [3.8, 4) is 0 Å². The summed E-state index contributed by atoms with van der Waals surface area (Å²) in [6.45, 7) is 3.05. The van der Waals surface area contributed by atoms with Crippen molar-refractivity contribution < 1.29 is 0 Å². The second kappa shape index (κ2) is 6.06. The van der Waals surface area contributed by atoms with Gasteiger partial charge in [0.2, 0.25) is 0 Å². The van der Waals surface area contributed by atoms with Gasteiger partial charge >= 0.3 is 0 Å². The van der Waals surface area contributed by atoms with Gasteiger partial charge in [-0.3, -0.25) is 0 Å². The van der Waals surface area contributed by atoms with E-state index in [0.717, 1.165) is 54.1 Å². The summed E-state index contributed by atoms with van der Waals surface area (Å²) in [5.41, 5.74) is 8.36. The number of rotatable bonds is 3. The van der Waals surface area contributed by atoms with Crippen molar-refractivity contribution in [3.05, 3.63) is 23.7 Å². The summed E-state index contributed by atoms with van der Waals surface area (Å²) in [7, 11) is 0. The smallest absolute Gasteiger partial charge is 0.141 e. The van der Waals surface area contributed by atoms with Crippen molar-refractivity contribution in [2.45, 2.75) is 44.9 Å². The molecule has 1 aliphatic heterocycles. The molecule has 5 heteroatoms. The topological polar surface area (TPSA) is 55.0 Å². The van der Waals surface area contributed by atoms with Crippen LogP contribution in [0.15, 0.2) is 12.4 Å². The predicted molar refractivity (Wildman–Crippen MR) is 94.5 cm³/mol. The average Bonchev–Trinajstić information content (AvgIpc) is 3.15. The molecule has 0 bridgehead atoms. The lowest BCUT2D eigenvalue weighted by Gasteiger charge is -2.37. The highest BCUT2D eigenvalue weighted by molar-refractivity contribution is 6.49. The maximum Gasteiger partial charge on any atom is 0.141 e. The summed E-state index contributed by atoms with van der Waals surface area (Å²) < 4.78 is 0. The molecule has 23 heavy (non-hydrogen) atoms. The average molecular weight is 333 g/mol. The second-order valence-corrected chi connectivity index (χ2v) is 7.87. The van der Waals surface area contributed by atoms with Crippen LogP contribution in [-0.2, 0) is 6.42 Å². The zero-order valence-electron chi connectivity index (χ0n) is 13.6. The van der Waals surface area contributed by atoms with Gasteiger partial charge in [0.1, 0.15) is 12.1 Å². The first kappa shape index (κ1) is 15.4. The zero-order valence-corrected chi connectivity index (χ0v) is 14.4. The first-order chi connectivity index (χ1) is 11.2. The molecule has 1 aromatic rings. The Labute approximate surface area is 143 Å².